The summed E-state index contributed by atoms with van der Waals surface area (Å²) < 4.78 is 13.7. The third-order valence-corrected chi connectivity index (χ3v) is 12.3. The van der Waals surface area contributed by atoms with Crippen molar-refractivity contribution in [3.8, 4) is 11.5 Å². The van der Waals surface area contributed by atoms with E-state index in [1.807, 2.05) is 20.1 Å². The summed E-state index contributed by atoms with van der Waals surface area (Å²) in [5, 5.41) is 23.8. The fourth-order valence-corrected chi connectivity index (χ4v) is 10.7. The van der Waals surface area contributed by atoms with Gasteiger partial charge >= 0.3 is 0 Å². The van der Waals surface area contributed by atoms with Gasteiger partial charge in [0.1, 0.15) is 11.7 Å². The third-order valence-electron chi connectivity index (χ3n) is 12.3. The Morgan fingerprint density at radius 1 is 1.05 bits per heavy atom. The number of phenols is 1. The molecule has 0 amide bonds. The maximum atomic E-state index is 12.6. The van der Waals surface area contributed by atoms with Gasteiger partial charge in [0.05, 0.1) is 5.60 Å². The summed E-state index contributed by atoms with van der Waals surface area (Å²) >= 11 is 0. The molecule has 2 aromatic rings. The van der Waals surface area contributed by atoms with E-state index in [2.05, 4.69) is 43.9 Å². The van der Waals surface area contributed by atoms with Gasteiger partial charge in [0.15, 0.2) is 11.5 Å². The summed E-state index contributed by atoms with van der Waals surface area (Å²) in [7, 11) is 1.83. The van der Waals surface area contributed by atoms with Crippen LogP contribution in [0, 0.1) is 32.1 Å². The van der Waals surface area contributed by atoms with Gasteiger partial charge in [0.25, 0.3) is 0 Å². The van der Waals surface area contributed by atoms with E-state index in [4.69, 9.17) is 9.47 Å². The second kappa shape index (κ2) is 7.16. The zero-order chi connectivity index (χ0) is 26.4. The van der Waals surface area contributed by atoms with Crippen molar-refractivity contribution in [3.05, 3.63) is 57.6 Å². The number of nitrogens with zero attached hydrogens (tertiary/aromatic N) is 1. The van der Waals surface area contributed by atoms with Gasteiger partial charge in [-0.3, -0.25) is 4.90 Å². The number of aliphatic hydroxyl groups is 1. The normalized spacial score (nSPS) is 40.0. The number of fused-ring (bicyclic) bond motifs is 2. The monoisotopic (exact) mass is 515 g/mol. The molecule has 2 heterocycles. The highest BCUT2D eigenvalue weighted by Crippen LogP contribution is 2.78. The lowest BCUT2D eigenvalue weighted by Crippen LogP contribution is -2.82. The van der Waals surface area contributed by atoms with Gasteiger partial charge in [0.2, 0.25) is 0 Å². The maximum Gasteiger partial charge on any atom is 0.165 e. The number of aromatic hydroxyl groups is 1. The van der Waals surface area contributed by atoms with Crippen LogP contribution in [0.25, 0.3) is 0 Å². The standard InChI is InChI=1S/C33H41NO4/c1-18-12-19(2)14-21(13-18)30(4,36)25-17-31-8-9-33(25,37-5)29-32(31)10-11-34(22-6-7-22)26(31)16-23-20(3)15-24(35)28(38-29)27(23)32/h12-15,22,25-26,29,35-36H,6-11,16-17H2,1-5H3/t25-,26?,29+,30-,31?,32+,33-/m1/s1. The minimum absolute atomic E-state index is 0.00913. The van der Waals surface area contributed by atoms with Crippen LogP contribution in [0.3, 0.4) is 0 Å². The second-order valence-corrected chi connectivity index (χ2v) is 13.9. The van der Waals surface area contributed by atoms with E-state index in [9.17, 15) is 10.2 Å². The zero-order valence-corrected chi connectivity index (χ0v) is 23.4. The van der Waals surface area contributed by atoms with Gasteiger partial charge in [-0.25, -0.2) is 0 Å². The molecular formula is C33H41NO4. The van der Waals surface area contributed by atoms with Crippen molar-refractivity contribution >= 4 is 0 Å². The Kier molecular flexibility index (Phi) is 4.48. The van der Waals surface area contributed by atoms with Gasteiger partial charge in [-0.1, -0.05) is 29.3 Å². The Morgan fingerprint density at radius 2 is 1.79 bits per heavy atom. The average Bonchev–Trinajstić information content (AvgIpc) is 3.64. The lowest BCUT2D eigenvalue weighted by molar-refractivity contribution is -0.304. The summed E-state index contributed by atoms with van der Waals surface area (Å²) in [6.45, 7) is 9.49. The first-order valence-electron chi connectivity index (χ1n) is 14.7. The smallest absolute Gasteiger partial charge is 0.165 e. The quantitative estimate of drug-likeness (QED) is 0.586. The van der Waals surface area contributed by atoms with Crippen LogP contribution in [0.5, 0.6) is 11.5 Å². The number of likely N-dealkylation sites (tertiary alicyclic amines) is 1. The molecule has 7 aliphatic rings. The van der Waals surface area contributed by atoms with Crippen LogP contribution in [0.1, 0.15) is 78.8 Å². The van der Waals surface area contributed by atoms with Crippen LogP contribution in [0.4, 0.5) is 0 Å². The van der Waals surface area contributed by atoms with Gasteiger partial charge in [-0.15, -0.1) is 0 Å². The first kappa shape index (κ1) is 23.8. The van der Waals surface area contributed by atoms with E-state index in [1.54, 1.807) is 0 Å². The highest BCUT2D eigenvalue weighted by molar-refractivity contribution is 5.65. The molecule has 5 aliphatic carbocycles. The summed E-state index contributed by atoms with van der Waals surface area (Å²) in [6, 6.07) is 9.53. The first-order chi connectivity index (χ1) is 18.1. The largest absolute Gasteiger partial charge is 0.504 e. The van der Waals surface area contributed by atoms with Crippen LogP contribution in [-0.2, 0) is 22.2 Å². The van der Waals surface area contributed by atoms with Crippen molar-refractivity contribution in [2.24, 2.45) is 11.3 Å². The molecule has 2 N–H and O–H groups in total. The minimum atomic E-state index is -1.07. The van der Waals surface area contributed by atoms with E-state index < -0.39 is 11.2 Å². The SMILES string of the molecule is CO[C@]12CCC3(C[C@@H]1[C@](C)(O)c1cc(C)cc(C)c1)C1Cc4c(C)cc(O)c5c4[C@@]3(CCN1C1CC1)[C@@H]2O5. The van der Waals surface area contributed by atoms with Crippen LogP contribution in [-0.4, -0.2) is 52.6 Å². The molecule has 4 saturated carbocycles. The topological polar surface area (TPSA) is 62.2 Å². The number of phenolic OH excluding ortho intramolecular Hbond substituents is 1. The number of benzene rings is 2. The molecule has 0 aromatic heterocycles. The molecule has 2 unspecified atom stereocenters. The lowest BCUT2D eigenvalue weighted by Gasteiger charge is -2.75. The molecule has 4 bridgehead atoms. The van der Waals surface area contributed by atoms with E-state index in [-0.39, 0.29) is 28.6 Å². The number of hydrogen-bond donors (Lipinski definition) is 2. The predicted molar refractivity (Wildman–Crippen MR) is 146 cm³/mol. The maximum absolute atomic E-state index is 12.6. The molecule has 5 nitrogen and oxygen atoms in total. The summed E-state index contributed by atoms with van der Waals surface area (Å²) in [5.41, 5.74) is 5.30. The Morgan fingerprint density at radius 3 is 2.47 bits per heavy atom. The van der Waals surface area contributed by atoms with Gasteiger partial charge in [-0.2, -0.15) is 0 Å². The molecule has 9 rings (SSSR count). The van der Waals surface area contributed by atoms with Crippen molar-refractivity contribution in [2.75, 3.05) is 13.7 Å². The Bertz CT molecular complexity index is 1360. The number of ether oxygens (including phenoxy) is 2. The molecule has 0 radical (unpaired) electrons. The Hall–Kier alpha value is -2.08. The van der Waals surface area contributed by atoms with Crippen LogP contribution < -0.4 is 4.74 Å². The number of aryl methyl sites for hydroxylation is 3. The van der Waals surface area contributed by atoms with Crippen molar-refractivity contribution in [1.82, 2.24) is 4.90 Å². The van der Waals surface area contributed by atoms with Crippen molar-refractivity contribution in [2.45, 2.75) is 107 Å². The van der Waals surface area contributed by atoms with E-state index >= 15 is 0 Å². The summed E-state index contributed by atoms with van der Waals surface area (Å²) in [5.74, 6) is 0.855. The van der Waals surface area contributed by atoms with Crippen molar-refractivity contribution in [3.63, 3.8) is 0 Å². The van der Waals surface area contributed by atoms with Crippen LogP contribution >= 0.6 is 0 Å². The predicted octanol–water partition coefficient (Wildman–Crippen LogP) is 5.20. The molecule has 2 aliphatic heterocycles. The fraction of sp³-hybridized carbons (Fsp3) is 0.636. The molecular weight excluding hydrogens is 474 g/mol. The number of hydrogen-bond acceptors (Lipinski definition) is 5. The molecule has 202 valence electrons. The Labute approximate surface area is 226 Å². The van der Waals surface area contributed by atoms with Crippen LogP contribution in [0.15, 0.2) is 24.3 Å². The molecule has 38 heavy (non-hydrogen) atoms. The Balaban J connectivity index is 1.38. The molecule has 1 saturated heterocycles. The van der Waals surface area contributed by atoms with Gasteiger partial charge in [0, 0.05) is 41.5 Å². The van der Waals surface area contributed by atoms with Gasteiger partial charge in [-0.05, 0) is 102 Å². The molecule has 7 atom stereocenters. The summed E-state index contributed by atoms with van der Waals surface area (Å²) in [6.07, 6.45) is 7.33. The first-order valence-corrected chi connectivity index (χ1v) is 14.7. The van der Waals surface area contributed by atoms with E-state index in [1.165, 1.54) is 40.7 Å². The minimum Gasteiger partial charge on any atom is -0.504 e. The third kappa shape index (κ3) is 2.51. The lowest BCUT2D eigenvalue weighted by atomic mass is 9.33. The summed E-state index contributed by atoms with van der Waals surface area (Å²) in [4.78, 5) is 2.85. The van der Waals surface area contributed by atoms with Crippen molar-refractivity contribution < 1.29 is 19.7 Å². The van der Waals surface area contributed by atoms with Crippen LogP contribution in [0.2, 0.25) is 0 Å². The van der Waals surface area contributed by atoms with Crippen molar-refractivity contribution in [1.29, 1.82) is 0 Å². The molecule has 5 fully saturated rings. The highest BCUT2D eigenvalue weighted by Gasteiger charge is 2.82. The number of methoxy groups -OCH3 is 1. The fourth-order valence-electron chi connectivity index (χ4n) is 10.7. The van der Waals surface area contributed by atoms with E-state index in [0.29, 0.717) is 17.8 Å². The number of rotatable bonds is 4. The van der Waals surface area contributed by atoms with E-state index in [0.717, 1.165) is 44.2 Å². The van der Waals surface area contributed by atoms with Gasteiger partial charge < -0.3 is 19.7 Å². The molecule has 2 aromatic carbocycles. The number of piperidine rings is 1. The second-order valence-electron chi connectivity index (χ2n) is 13.9. The average molecular weight is 516 g/mol. The molecule has 5 heteroatoms. The highest BCUT2D eigenvalue weighted by atomic mass is 16.6. The zero-order valence-electron chi connectivity index (χ0n) is 23.4. The molecule has 2 spiro atoms.